The molecule has 1 saturated heterocycles. The molecule has 0 aromatic carbocycles. The highest BCUT2D eigenvalue weighted by molar-refractivity contribution is 7.99. The van der Waals surface area contributed by atoms with Crippen LogP contribution in [0.2, 0.25) is 0 Å². The third-order valence-electron chi connectivity index (χ3n) is 2.55. The molecule has 0 aromatic heterocycles. The molecular formula is C10H22N2S. The van der Waals surface area contributed by atoms with Gasteiger partial charge >= 0.3 is 0 Å². The zero-order valence-electron chi connectivity index (χ0n) is 8.88. The largest absolute Gasteiger partial charge is 0.300 e. The van der Waals surface area contributed by atoms with E-state index in [2.05, 4.69) is 35.8 Å². The Kier molecular flexibility index (Phi) is 5.83. The van der Waals surface area contributed by atoms with Gasteiger partial charge in [-0.05, 0) is 19.5 Å². The van der Waals surface area contributed by atoms with Crippen LogP contribution >= 0.6 is 11.8 Å². The lowest BCUT2D eigenvalue weighted by Crippen LogP contribution is -2.50. The molecule has 0 aromatic rings. The second-order valence-corrected chi connectivity index (χ2v) is 4.68. The molecule has 0 amide bonds. The lowest BCUT2D eigenvalue weighted by molar-refractivity contribution is 0.188. The van der Waals surface area contributed by atoms with Crippen LogP contribution in [0.1, 0.15) is 26.7 Å². The molecule has 1 rings (SSSR count). The van der Waals surface area contributed by atoms with E-state index >= 15 is 0 Å². The van der Waals surface area contributed by atoms with Crippen LogP contribution in [0.4, 0.5) is 0 Å². The van der Waals surface area contributed by atoms with Crippen LogP contribution in [0, 0.1) is 0 Å². The summed E-state index contributed by atoms with van der Waals surface area (Å²) < 4.78 is 0. The Bertz CT molecular complexity index is 124. The fraction of sp³-hybridized carbons (Fsp3) is 1.00. The Balaban J connectivity index is 2.26. The summed E-state index contributed by atoms with van der Waals surface area (Å²) in [6, 6.07) is 0. The standard InChI is InChI=1S/C10H22N2S/c1-3-5-7-12(4-2)10-9-13-8-6-11-10/h10-11H,3-9H2,1-2H3. The van der Waals surface area contributed by atoms with Crippen LogP contribution in [0.25, 0.3) is 0 Å². The van der Waals surface area contributed by atoms with Crippen LogP contribution in [0.15, 0.2) is 0 Å². The van der Waals surface area contributed by atoms with Gasteiger partial charge in [-0.25, -0.2) is 0 Å². The summed E-state index contributed by atoms with van der Waals surface area (Å²) in [4.78, 5) is 2.57. The van der Waals surface area contributed by atoms with Crippen LogP contribution in [-0.4, -0.2) is 42.2 Å². The zero-order chi connectivity index (χ0) is 9.52. The van der Waals surface area contributed by atoms with Crippen molar-refractivity contribution < 1.29 is 0 Å². The molecule has 1 unspecified atom stereocenters. The summed E-state index contributed by atoms with van der Waals surface area (Å²) in [6.07, 6.45) is 3.27. The highest BCUT2D eigenvalue weighted by Crippen LogP contribution is 2.11. The van der Waals surface area contributed by atoms with Gasteiger partial charge in [-0.2, -0.15) is 11.8 Å². The van der Waals surface area contributed by atoms with Gasteiger partial charge in [0.05, 0.1) is 6.17 Å². The monoisotopic (exact) mass is 202 g/mol. The van der Waals surface area contributed by atoms with E-state index in [1.807, 2.05) is 0 Å². The van der Waals surface area contributed by atoms with E-state index in [0.717, 1.165) is 0 Å². The second-order valence-electron chi connectivity index (χ2n) is 3.53. The molecule has 1 N–H and O–H groups in total. The van der Waals surface area contributed by atoms with Gasteiger partial charge in [-0.1, -0.05) is 20.3 Å². The number of unbranched alkanes of at least 4 members (excludes halogenated alkanes) is 1. The molecule has 13 heavy (non-hydrogen) atoms. The van der Waals surface area contributed by atoms with Gasteiger partial charge in [0.1, 0.15) is 0 Å². The normalized spacial score (nSPS) is 23.8. The van der Waals surface area contributed by atoms with Crippen molar-refractivity contribution in [2.75, 3.05) is 31.1 Å². The van der Waals surface area contributed by atoms with Gasteiger partial charge in [0.15, 0.2) is 0 Å². The number of rotatable bonds is 5. The average Bonchev–Trinajstić information content (AvgIpc) is 2.21. The first-order valence-corrected chi connectivity index (χ1v) is 6.59. The van der Waals surface area contributed by atoms with Crippen LogP contribution in [0.5, 0.6) is 0 Å². The van der Waals surface area contributed by atoms with E-state index in [1.165, 1.54) is 44.0 Å². The molecule has 0 aliphatic carbocycles. The lowest BCUT2D eigenvalue weighted by atomic mass is 10.3. The molecule has 1 atom stereocenters. The fourth-order valence-corrected chi connectivity index (χ4v) is 2.66. The maximum Gasteiger partial charge on any atom is 0.0690 e. The number of nitrogens with one attached hydrogen (secondary N) is 1. The first kappa shape index (κ1) is 11.3. The maximum absolute atomic E-state index is 3.58. The zero-order valence-corrected chi connectivity index (χ0v) is 9.70. The van der Waals surface area contributed by atoms with Crippen molar-refractivity contribution >= 4 is 11.8 Å². The molecule has 1 fully saturated rings. The summed E-state index contributed by atoms with van der Waals surface area (Å²) in [6.45, 7) is 8.13. The van der Waals surface area contributed by atoms with Crippen molar-refractivity contribution in [1.29, 1.82) is 0 Å². The molecule has 3 heteroatoms. The van der Waals surface area contributed by atoms with E-state index < -0.39 is 0 Å². The molecule has 0 spiro atoms. The molecule has 1 aliphatic rings. The van der Waals surface area contributed by atoms with Gasteiger partial charge in [-0.15, -0.1) is 0 Å². The van der Waals surface area contributed by atoms with Crippen molar-refractivity contribution in [3.05, 3.63) is 0 Å². The third-order valence-corrected chi connectivity index (χ3v) is 3.59. The van der Waals surface area contributed by atoms with Crippen molar-refractivity contribution in [2.24, 2.45) is 0 Å². The van der Waals surface area contributed by atoms with Crippen molar-refractivity contribution in [3.63, 3.8) is 0 Å². The van der Waals surface area contributed by atoms with Gasteiger partial charge < -0.3 is 5.32 Å². The first-order valence-electron chi connectivity index (χ1n) is 5.43. The Morgan fingerprint density at radius 3 is 2.85 bits per heavy atom. The van der Waals surface area contributed by atoms with E-state index in [9.17, 15) is 0 Å². The average molecular weight is 202 g/mol. The number of thioether (sulfide) groups is 1. The number of hydrogen-bond acceptors (Lipinski definition) is 3. The molecule has 1 aliphatic heterocycles. The van der Waals surface area contributed by atoms with Crippen LogP contribution in [0.3, 0.4) is 0 Å². The predicted molar refractivity (Wildman–Crippen MR) is 61.3 cm³/mol. The Hall–Kier alpha value is 0.270. The molecule has 0 bridgehead atoms. The molecule has 1 heterocycles. The molecule has 2 nitrogen and oxygen atoms in total. The number of hydrogen-bond donors (Lipinski definition) is 1. The Labute approximate surface area is 86.5 Å². The van der Waals surface area contributed by atoms with E-state index in [-0.39, 0.29) is 0 Å². The minimum Gasteiger partial charge on any atom is -0.300 e. The Morgan fingerprint density at radius 1 is 1.46 bits per heavy atom. The maximum atomic E-state index is 3.58. The SMILES string of the molecule is CCCCN(CC)C1CSCCN1. The van der Waals surface area contributed by atoms with Crippen LogP contribution in [-0.2, 0) is 0 Å². The van der Waals surface area contributed by atoms with Crippen molar-refractivity contribution in [3.8, 4) is 0 Å². The quantitative estimate of drug-likeness (QED) is 0.731. The minimum atomic E-state index is 0.635. The molecule has 0 radical (unpaired) electrons. The van der Waals surface area contributed by atoms with Gasteiger partial charge in [0.25, 0.3) is 0 Å². The minimum absolute atomic E-state index is 0.635. The number of nitrogens with zero attached hydrogens (tertiary/aromatic N) is 1. The van der Waals surface area contributed by atoms with E-state index in [1.54, 1.807) is 0 Å². The summed E-state index contributed by atoms with van der Waals surface area (Å²) in [7, 11) is 0. The summed E-state index contributed by atoms with van der Waals surface area (Å²) in [5.41, 5.74) is 0. The summed E-state index contributed by atoms with van der Waals surface area (Å²) >= 11 is 2.08. The summed E-state index contributed by atoms with van der Waals surface area (Å²) in [5, 5.41) is 3.58. The highest BCUT2D eigenvalue weighted by atomic mass is 32.2. The highest BCUT2D eigenvalue weighted by Gasteiger charge is 2.18. The van der Waals surface area contributed by atoms with Crippen LogP contribution < -0.4 is 5.32 Å². The molecule has 0 saturated carbocycles. The molecule has 78 valence electrons. The predicted octanol–water partition coefficient (Wildman–Crippen LogP) is 1.77. The Morgan fingerprint density at radius 2 is 2.31 bits per heavy atom. The van der Waals surface area contributed by atoms with Gasteiger partial charge in [0, 0.05) is 18.1 Å². The second kappa shape index (κ2) is 6.68. The summed E-state index contributed by atoms with van der Waals surface area (Å²) in [5.74, 6) is 2.54. The fourth-order valence-electron chi connectivity index (χ4n) is 1.68. The lowest BCUT2D eigenvalue weighted by Gasteiger charge is -2.33. The van der Waals surface area contributed by atoms with Gasteiger partial charge in [-0.3, -0.25) is 4.90 Å². The first-order chi connectivity index (χ1) is 6.38. The third kappa shape index (κ3) is 3.88. The topological polar surface area (TPSA) is 15.3 Å². The van der Waals surface area contributed by atoms with Gasteiger partial charge in [0.2, 0.25) is 0 Å². The molecular weight excluding hydrogens is 180 g/mol. The smallest absolute Gasteiger partial charge is 0.0690 e. The van der Waals surface area contributed by atoms with Crippen molar-refractivity contribution in [2.45, 2.75) is 32.9 Å². The van der Waals surface area contributed by atoms with Crippen molar-refractivity contribution in [1.82, 2.24) is 10.2 Å². The van der Waals surface area contributed by atoms with E-state index in [0.29, 0.717) is 6.17 Å². The van der Waals surface area contributed by atoms with E-state index in [4.69, 9.17) is 0 Å².